The molecular weight excluding hydrogens is 389 g/mol. The Morgan fingerprint density at radius 2 is 2.03 bits per heavy atom. The van der Waals surface area contributed by atoms with Crippen molar-refractivity contribution in [3.63, 3.8) is 0 Å². The number of benzene rings is 1. The van der Waals surface area contributed by atoms with E-state index >= 15 is 0 Å². The van der Waals surface area contributed by atoms with Gasteiger partial charge in [0.15, 0.2) is 23.5 Å². The van der Waals surface area contributed by atoms with Crippen molar-refractivity contribution in [1.82, 2.24) is 24.6 Å². The molecule has 2 N–H and O–H groups in total. The lowest BCUT2D eigenvalue weighted by Crippen LogP contribution is -2.08. The Balaban J connectivity index is 1.91. The van der Waals surface area contributed by atoms with Crippen molar-refractivity contribution >= 4 is 35.4 Å². The molecule has 0 fully saturated rings. The van der Waals surface area contributed by atoms with Gasteiger partial charge in [-0.15, -0.1) is 0 Å². The zero-order valence-corrected chi connectivity index (χ0v) is 16.3. The predicted octanol–water partition coefficient (Wildman–Crippen LogP) is 2.89. The van der Waals surface area contributed by atoms with Gasteiger partial charge in [-0.25, -0.2) is 14.1 Å². The maximum absolute atomic E-state index is 14.2. The molecule has 0 bridgehead atoms. The first-order valence-electron chi connectivity index (χ1n) is 8.99. The number of hydrogen-bond donors (Lipinski definition) is 1. The van der Waals surface area contributed by atoms with E-state index in [9.17, 15) is 9.18 Å². The number of furan rings is 1. The molecule has 0 spiro atoms. The van der Waals surface area contributed by atoms with Crippen LogP contribution in [-0.2, 0) is 6.54 Å². The molecule has 0 amide bonds. The van der Waals surface area contributed by atoms with Gasteiger partial charge in [-0.1, -0.05) is 18.2 Å². The number of carbonyl (C=O) groups excluding carboxylic acids is 1. The van der Waals surface area contributed by atoms with Gasteiger partial charge in [0.25, 0.3) is 5.95 Å². The van der Waals surface area contributed by atoms with Crippen LogP contribution in [0.15, 0.2) is 45.8 Å². The van der Waals surface area contributed by atoms with E-state index in [0.717, 1.165) is 0 Å². The highest BCUT2D eigenvalue weighted by Crippen LogP contribution is 2.33. The second-order valence-corrected chi connectivity index (χ2v) is 6.73. The van der Waals surface area contributed by atoms with Gasteiger partial charge in [-0.2, -0.15) is 15.1 Å². The van der Waals surface area contributed by atoms with Gasteiger partial charge in [0, 0.05) is 19.7 Å². The summed E-state index contributed by atoms with van der Waals surface area (Å²) in [6, 6.07) is 9.53. The van der Waals surface area contributed by atoms with Crippen molar-refractivity contribution in [3.05, 3.63) is 53.5 Å². The van der Waals surface area contributed by atoms with Crippen LogP contribution in [0.4, 0.5) is 16.2 Å². The topological polar surface area (TPSA) is 115 Å². The van der Waals surface area contributed by atoms with Crippen LogP contribution in [0.25, 0.3) is 22.5 Å². The van der Waals surface area contributed by atoms with Crippen molar-refractivity contribution in [1.29, 1.82) is 0 Å². The second-order valence-electron chi connectivity index (χ2n) is 6.73. The van der Waals surface area contributed by atoms with E-state index in [0.29, 0.717) is 34.3 Å². The minimum absolute atomic E-state index is 0.109. The number of rotatable bonds is 6. The summed E-state index contributed by atoms with van der Waals surface area (Å²) >= 11 is 0. The molecule has 0 aliphatic carbocycles. The predicted molar refractivity (Wildman–Crippen MR) is 110 cm³/mol. The highest BCUT2D eigenvalue weighted by molar-refractivity contribution is 5.98. The summed E-state index contributed by atoms with van der Waals surface area (Å²) in [5.41, 5.74) is 7.36. The van der Waals surface area contributed by atoms with E-state index in [1.54, 1.807) is 35.5 Å². The lowest BCUT2D eigenvalue weighted by Gasteiger charge is -2.06. The summed E-state index contributed by atoms with van der Waals surface area (Å²) in [6.45, 7) is 0.109. The van der Waals surface area contributed by atoms with Crippen molar-refractivity contribution in [3.8, 4) is 11.5 Å². The fourth-order valence-electron chi connectivity index (χ4n) is 2.92. The van der Waals surface area contributed by atoms with Gasteiger partial charge in [0.05, 0.1) is 18.3 Å². The minimum Gasteiger partial charge on any atom is -0.452 e. The third-order valence-electron chi connectivity index (χ3n) is 4.27. The average Bonchev–Trinajstić information content (AvgIpc) is 3.33. The van der Waals surface area contributed by atoms with Crippen LogP contribution < -0.4 is 5.73 Å². The molecule has 152 valence electrons. The Hall–Kier alpha value is -4.08. The fraction of sp³-hybridized carbons (Fsp3) is 0.150. The van der Waals surface area contributed by atoms with Crippen LogP contribution in [0.2, 0.25) is 0 Å². The third kappa shape index (κ3) is 3.62. The summed E-state index contributed by atoms with van der Waals surface area (Å²) in [5.74, 6) is 0.396. The molecule has 9 nitrogen and oxygen atoms in total. The number of aldehydes is 1. The Labute approximate surface area is 170 Å². The highest BCUT2D eigenvalue weighted by atomic mass is 19.1. The van der Waals surface area contributed by atoms with E-state index < -0.39 is 0 Å². The third-order valence-corrected chi connectivity index (χ3v) is 4.27. The molecule has 1 aromatic carbocycles. The lowest BCUT2D eigenvalue weighted by atomic mass is 10.2. The van der Waals surface area contributed by atoms with Crippen LogP contribution in [0.5, 0.6) is 0 Å². The smallest absolute Gasteiger partial charge is 0.254 e. The number of hydrogen-bond acceptors (Lipinski definition) is 7. The SMILES string of the molecule is CN(C)/C=N/c1nc(N)c2c(-c3ccc(C=O)o3)nn(Cc3ccccc3F)c2n1. The molecule has 4 aromatic rings. The van der Waals surface area contributed by atoms with Gasteiger partial charge in [0.2, 0.25) is 0 Å². The number of halogens is 1. The highest BCUT2D eigenvalue weighted by Gasteiger charge is 2.21. The fourth-order valence-corrected chi connectivity index (χ4v) is 2.92. The Kier molecular flexibility index (Phi) is 4.97. The van der Waals surface area contributed by atoms with Crippen molar-refractivity contribution in [2.24, 2.45) is 4.99 Å². The summed E-state index contributed by atoms with van der Waals surface area (Å²) < 4.78 is 21.3. The van der Waals surface area contributed by atoms with Crippen LogP contribution in [0.1, 0.15) is 16.1 Å². The molecule has 10 heteroatoms. The Morgan fingerprint density at radius 3 is 2.73 bits per heavy atom. The maximum Gasteiger partial charge on any atom is 0.254 e. The summed E-state index contributed by atoms with van der Waals surface area (Å²) in [6.07, 6.45) is 2.14. The van der Waals surface area contributed by atoms with Crippen LogP contribution in [0.3, 0.4) is 0 Å². The number of aliphatic imine (C=N–C) groups is 1. The van der Waals surface area contributed by atoms with Crippen LogP contribution in [-0.4, -0.2) is 51.4 Å². The number of anilines is 1. The van der Waals surface area contributed by atoms with E-state index in [1.807, 2.05) is 14.1 Å². The molecule has 0 aliphatic heterocycles. The first-order valence-corrected chi connectivity index (χ1v) is 8.99. The summed E-state index contributed by atoms with van der Waals surface area (Å²) in [5, 5.41) is 4.97. The molecule has 0 aliphatic rings. The average molecular weight is 407 g/mol. The molecule has 0 radical (unpaired) electrons. The summed E-state index contributed by atoms with van der Waals surface area (Å²) in [7, 11) is 3.63. The quantitative estimate of drug-likeness (QED) is 0.297. The molecule has 3 aromatic heterocycles. The number of nitrogen functional groups attached to an aromatic ring is 1. The van der Waals surface area contributed by atoms with E-state index in [4.69, 9.17) is 10.2 Å². The largest absolute Gasteiger partial charge is 0.452 e. The number of aromatic nitrogens is 4. The first kappa shape index (κ1) is 19.2. The van der Waals surface area contributed by atoms with Gasteiger partial charge in [-0.05, 0) is 18.2 Å². The number of nitrogens with two attached hydrogens (primary N) is 1. The van der Waals surface area contributed by atoms with Crippen molar-refractivity contribution in [2.75, 3.05) is 19.8 Å². The van der Waals surface area contributed by atoms with Gasteiger partial charge < -0.3 is 15.1 Å². The molecule has 0 saturated heterocycles. The number of fused-ring (bicyclic) bond motifs is 1. The summed E-state index contributed by atoms with van der Waals surface area (Å²) in [4.78, 5) is 25.6. The number of nitrogens with zero attached hydrogens (tertiary/aromatic N) is 6. The normalized spacial score (nSPS) is 11.4. The van der Waals surface area contributed by atoms with E-state index in [2.05, 4.69) is 20.1 Å². The van der Waals surface area contributed by atoms with Gasteiger partial charge in [-0.3, -0.25) is 4.79 Å². The van der Waals surface area contributed by atoms with Crippen LogP contribution >= 0.6 is 0 Å². The zero-order valence-electron chi connectivity index (χ0n) is 16.3. The van der Waals surface area contributed by atoms with Crippen molar-refractivity contribution < 1.29 is 13.6 Å². The minimum atomic E-state index is -0.364. The monoisotopic (exact) mass is 407 g/mol. The standard InChI is InChI=1S/C20H18FN7O2/c1-27(2)11-23-20-24-18(22)16-17(15-8-7-13(10-29)30-15)26-28(19(16)25-20)9-12-5-3-4-6-14(12)21/h3-8,10-11H,9H2,1-2H3,(H2,22,24,25)/b23-11+. The lowest BCUT2D eigenvalue weighted by molar-refractivity contribution is 0.110. The molecule has 30 heavy (non-hydrogen) atoms. The first-order chi connectivity index (χ1) is 14.5. The van der Waals surface area contributed by atoms with E-state index in [-0.39, 0.29) is 29.9 Å². The zero-order chi connectivity index (χ0) is 21.3. The van der Waals surface area contributed by atoms with Crippen molar-refractivity contribution in [2.45, 2.75) is 6.54 Å². The molecule has 3 heterocycles. The Bertz CT molecular complexity index is 1260. The molecule has 0 unspecified atom stereocenters. The van der Waals surface area contributed by atoms with Gasteiger partial charge in [0.1, 0.15) is 17.3 Å². The van der Waals surface area contributed by atoms with E-state index in [1.165, 1.54) is 16.8 Å². The molecule has 0 saturated carbocycles. The van der Waals surface area contributed by atoms with Crippen LogP contribution in [0, 0.1) is 5.82 Å². The Morgan fingerprint density at radius 1 is 1.23 bits per heavy atom. The molecule has 4 rings (SSSR count). The molecular formula is C20H18FN7O2. The second kappa shape index (κ2) is 7.74. The maximum atomic E-state index is 14.2. The number of carbonyl (C=O) groups is 1. The van der Waals surface area contributed by atoms with Gasteiger partial charge >= 0.3 is 0 Å². The molecule has 0 atom stereocenters.